The van der Waals surface area contributed by atoms with Gasteiger partial charge in [-0.3, -0.25) is 4.79 Å². The predicted molar refractivity (Wildman–Crippen MR) is 198 cm³/mol. The van der Waals surface area contributed by atoms with Crippen LogP contribution < -0.4 is 16.0 Å². The molecule has 2 aromatic heterocycles. The lowest BCUT2D eigenvalue weighted by molar-refractivity contribution is -0.192. The minimum absolute atomic E-state index is 0.0685. The fraction of sp³-hybridized carbons (Fsp3) is 0.500. The van der Waals surface area contributed by atoms with Gasteiger partial charge in [-0.05, 0) is 43.5 Å². The number of likely N-dealkylation sites (tertiary alicyclic amines) is 1. The van der Waals surface area contributed by atoms with Crippen molar-refractivity contribution in [3.05, 3.63) is 78.1 Å². The molecular formula is C38H49F3N8O5. The number of carbonyl (C=O) groups is 2. The molecule has 13 nitrogen and oxygen atoms in total. The zero-order valence-electron chi connectivity index (χ0n) is 30.6. The second-order valence-corrected chi connectivity index (χ2v) is 14.7. The van der Waals surface area contributed by atoms with E-state index in [1.165, 1.54) is 30.4 Å². The van der Waals surface area contributed by atoms with E-state index in [9.17, 15) is 28.2 Å². The van der Waals surface area contributed by atoms with Crippen LogP contribution in [0.3, 0.4) is 0 Å². The number of anilines is 2. The molecule has 0 radical (unpaired) electrons. The molecule has 1 aliphatic heterocycles. The number of halogens is 3. The van der Waals surface area contributed by atoms with E-state index in [1.807, 2.05) is 37.5 Å². The molecule has 6 N–H and O–H groups in total. The smallest absolute Gasteiger partial charge is 0.475 e. The number of fused-ring (bicyclic) bond motifs is 1. The number of piperidine rings is 1. The van der Waals surface area contributed by atoms with Crippen molar-refractivity contribution in [2.75, 3.05) is 43.4 Å². The van der Waals surface area contributed by atoms with Gasteiger partial charge in [0, 0.05) is 31.0 Å². The highest BCUT2D eigenvalue weighted by molar-refractivity contribution is 5.85. The minimum atomic E-state index is -5.08. The van der Waals surface area contributed by atoms with Crippen molar-refractivity contribution >= 4 is 34.8 Å². The second kappa shape index (κ2) is 17.6. The van der Waals surface area contributed by atoms with Gasteiger partial charge < -0.3 is 40.7 Å². The van der Waals surface area contributed by atoms with Crippen molar-refractivity contribution < 1.29 is 38.1 Å². The molecule has 1 amide bonds. The summed E-state index contributed by atoms with van der Waals surface area (Å²) in [4.78, 5) is 38.6. The highest BCUT2D eigenvalue weighted by Gasteiger charge is 2.45. The first-order chi connectivity index (χ1) is 25.6. The maximum Gasteiger partial charge on any atom is 0.490 e. The van der Waals surface area contributed by atoms with E-state index < -0.39 is 41.9 Å². The largest absolute Gasteiger partial charge is 0.490 e. The summed E-state index contributed by atoms with van der Waals surface area (Å²) in [6.45, 7) is 9.86. The maximum atomic E-state index is 12.8. The van der Waals surface area contributed by atoms with E-state index in [0.717, 1.165) is 19.6 Å². The van der Waals surface area contributed by atoms with Gasteiger partial charge in [0.15, 0.2) is 17.0 Å². The van der Waals surface area contributed by atoms with E-state index in [4.69, 9.17) is 24.9 Å². The topological polar surface area (TPSA) is 178 Å². The van der Waals surface area contributed by atoms with E-state index >= 15 is 0 Å². The number of carbonyl (C=O) groups excluding carboxylic acids is 1. The van der Waals surface area contributed by atoms with Crippen molar-refractivity contribution in [3.63, 3.8) is 0 Å². The first-order valence-electron chi connectivity index (χ1n) is 18.1. The van der Waals surface area contributed by atoms with Gasteiger partial charge in [0.2, 0.25) is 11.9 Å². The molecule has 6 rings (SSSR count). The number of nitrogens with one attached hydrogen (secondary N) is 3. The Bertz CT molecular complexity index is 1790. The number of hydrogen-bond donors (Lipinski definition) is 6. The number of carboxylic acids is 1. The van der Waals surface area contributed by atoms with Crippen molar-refractivity contribution in [2.24, 2.45) is 5.41 Å². The molecule has 16 heteroatoms. The van der Waals surface area contributed by atoms with Crippen molar-refractivity contribution in [1.29, 1.82) is 0 Å². The van der Waals surface area contributed by atoms with Crippen LogP contribution in [0, 0.1) is 5.41 Å². The summed E-state index contributed by atoms with van der Waals surface area (Å²) in [7, 11) is 0. The number of alkyl halides is 3. The van der Waals surface area contributed by atoms with E-state index in [-0.39, 0.29) is 11.8 Å². The SMILES string of the molecule is CC(C)(C)C(=O)N[C@H]1C[C@@H](n2cnc3c(NCC(c4ccccc4)c4ccccc4)nc(NCCN4CCCCC4)nc32)[C@H](O)[C@@H]1O.O=C(O)C(F)(F)F. The summed E-state index contributed by atoms with van der Waals surface area (Å²) in [6.07, 6.45) is -1.58. The Kier molecular flexibility index (Phi) is 13.1. The third kappa shape index (κ3) is 10.2. The maximum absolute atomic E-state index is 12.8. The fourth-order valence-corrected chi connectivity index (χ4v) is 6.68. The molecule has 1 saturated carbocycles. The summed E-state index contributed by atoms with van der Waals surface area (Å²) in [5, 5.41) is 39.3. The molecule has 0 spiro atoms. The average molecular weight is 755 g/mol. The predicted octanol–water partition coefficient (Wildman–Crippen LogP) is 4.80. The van der Waals surface area contributed by atoms with Gasteiger partial charge in [-0.1, -0.05) is 87.9 Å². The van der Waals surface area contributed by atoms with Gasteiger partial charge in [-0.15, -0.1) is 0 Å². The third-order valence-corrected chi connectivity index (χ3v) is 9.71. The molecular weight excluding hydrogens is 705 g/mol. The number of carboxylic acid groups (broad SMARTS) is 1. The lowest BCUT2D eigenvalue weighted by Gasteiger charge is -2.26. The van der Waals surface area contributed by atoms with Crippen LogP contribution in [0.4, 0.5) is 24.9 Å². The van der Waals surface area contributed by atoms with Crippen molar-refractivity contribution in [2.45, 2.75) is 82.8 Å². The third-order valence-electron chi connectivity index (χ3n) is 9.71. The Morgan fingerprint density at radius 1 is 0.889 bits per heavy atom. The number of nitrogens with zero attached hydrogens (tertiary/aromatic N) is 5. The van der Waals surface area contributed by atoms with E-state index in [1.54, 1.807) is 6.33 Å². The van der Waals surface area contributed by atoms with Crippen LogP contribution in [0.25, 0.3) is 11.2 Å². The zero-order valence-corrected chi connectivity index (χ0v) is 30.6. The van der Waals surface area contributed by atoms with Crippen LogP contribution in [-0.4, -0.2) is 109 Å². The summed E-state index contributed by atoms with van der Waals surface area (Å²) in [6, 6.07) is 19.7. The molecule has 2 aliphatic rings. The minimum Gasteiger partial charge on any atom is -0.475 e. The molecule has 1 aliphatic carbocycles. The first kappa shape index (κ1) is 40.4. The fourth-order valence-electron chi connectivity index (χ4n) is 6.68. The number of aliphatic hydroxyl groups excluding tert-OH is 2. The van der Waals surface area contributed by atoms with Crippen LogP contribution in [0.2, 0.25) is 0 Å². The number of aliphatic hydroxyl groups is 2. The molecule has 4 aromatic rings. The molecule has 2 fully saturated rings. The van der Waals surface area contributed by atoms with E-state index in [2.05, 4.69) is 69.4 Å². The Hall–Kier alpha value is -4.80. The molecule has 4 atom stereocenters. The standard InChI is InChI=1S/C36H48N8O3.C2HF3O2/c1-36(2,3)34(47)40-27-21-28(31(46)30(27)45)44-23-39-29-32(41-35(42-33(29)44)37-17-20-43-18-11-6-12-19-43)38-22-26(24-13-7-4-8-14-24)25-15-9-5-10-16-25;3-2(4,5)1(6)7/h4-5,7-10,13-16,23,26-28,30-31,45-46H,6,11-12,17-22H2,1-3H3,(H,40,47)(H2,37,38,41,42);(H,6,7)/t27-,28+,30+,31-;/m0./s1. The number of imidazole rings is 1. The zero-order chi connectivity index (χ0) is 39.0. The molecule has 292 valence electrons. The number of hydrogen-bond acceptors (Lipinski definition) is 10. The second-order valence-electron chi connectivity index (χ2n) is 14.7. The number of benzene rings is 2. The summed E-state index contributed by atoms with van der Waals surface area (Å²) < 4.78 is 33.6. The van der Waals surface area contributed by atoms with Gasteiger partial charge >= 0.3 is 12.1 Å². The van der Waals surface area contributed by atoms with Gasteiger partial charge in [0.05, 0.1) is 18.4 Å². The highest BCUT2D eigenvalue weighted by atomic mass is 19.4. The summed E-state index contributed by atoms with van der Waals surface area (Å²) in [5.74, 6) is -1.80. The molecule has 3 heterocycles. The average Bonchev–Trinajstić information content (AvgIpc) is 3.68. The van der Waals surface area contributed by atoms with Crippen LogP contribution >= 0.6 is 0 Å². The Balaban J connectivity index is 0.000000730. The van der Waals surface area contributed by atoms with Crippen LogP contribution in [0.5, 0.6) is 0 Å². The molecule has 0 unspecified atom stereocenters. The van der Waals surface area contributed by atoms with Crippen molar-refractivity contribution in [3.8, 4) is 0 Å². The Morgan fingerprint density at radius 2 is 1.48 bits per heavy atom. The highest BCUT2D eigenvalue weighted by Crippen LogP contribution is 2.35. The van der Waals surface area contributed by atoms with E-state index in [0.29, 0.717) is 42.4 Å². The molecule has 2 aromatic carbocycles. The van der Waals surface area contributed by atoms with Crippen LogP contribution in [0.15, 0.2) is 67.0 Å². The molecule has 0 bridgehead atoms. The molecule has 54 heavy (non-hydrogen) atoms. The monoisotopic (exact) mass is 754 g/mol. The number of aliphatic carboxylic acids is 1. The number of rotatable bonds is 11. The number of amides is 1. The van der Waals surface area contributed by atoms with Gasteiger partial charge in [0.25, 0.3) is 0 Å². The van der Waals surface area contributed by atoms with Crippen molar-refractivity contribution in [1.82, 2.24) is 29.7 Å². The van der Waals surface area contributed by atoms with Crippen LogP contribution in [-0.2, 0) is 9.59 Å². The first-order valence-corrected chi connectivity index (χ1v) is 18.1. The van der Waals surface area contributed by atoms with Gasteiger partial charge in [0.1, 0.15) is 12.2 Å². The Labute approximate surface area is 312 Å². The summed E-state index contributed by atoms with van der Waals surface area (Å²) in [5.41, 5.74) is 2.89. The lowest BCUT2D eigenvalue weighted by atomic mass is 9.91. The Morgan fingerprint density at radius 3 is 2.04 bits per heavy atom. The van der Waals surface area contributed by atoms with Crippen LogP contribution in [0.1, 0.15) is 69.5 Å². The quantitative estimate of drug-likeness (QED) is 0.124. The molecule has 1 saturated heterocycles. The number of aromatic nitrogens is 4. The van der Waals surface area contributed by atoms with Gasteiger partial charge in [-0.2, -0.15) is 23.1 Å². The normalized spacial score (nSPS) is 20.7. The van der Waals surface area contributed by atoms with Gasteiger partial charge in [-0.25, -0.2) is 9.78 Å². The summed E-state index contributed by atoms with van der Waals surface area (Å²) >= 11 is 0. The lowest BCUT2D eigenvalue weighted by Crippen LogP contribution is -2.47.